The summed E-state index contributed by atoms with van der Waals surface area (Å²) in [6, 6.07) is 5.35. The summed E-state index contributed by atoms with van der Waals surface area (Å²) in [6.07, 6.45) is 4.71. The van der Waals surface area contributed by atoms with Gasteiger partial charge in [-0.3, -0.25) is 0 Å². The molecule has 22 heavy (non-hydrogen) atoms. The molecule has 0 saturated heterocycles. The number of hydrogen-bond donors (Lipinski definition) is 0. The first-order valence-corrected chi connectivity index (χ1v) is 16.3. The van der Waals surface area contributed by atoms with Crippen molar-refractivity contribution in [2.45, 2.75) is 91.0 Å². The van der Waals surface area contributed by atoms with Crippen molar-refractivity contribution >= 4 is 27.0 Å². The van der Waals surface area contributed by atoms with Crippen LogP contribution in [0.4, 0.5) is 0 Å². The second kappa shape index (κ2) is 13.0. The topological polar surface area (TPSA) is 18.5 Å². The van der Waals surface area contributed by atoms with Gasteiger partial charge in [0.1, 0.15) is 7.22 Å². The van der Waals surface area contributed by atoms with Gasteiger partial charge in [0.2, 0.25) is 0 Å². The second-order valence-corrected chi connectivity index (χ2v) is 18.4. The summed E-state index contributed by atoms with van der Waals surface area (Å²) >= 11 is 2.29. The van der Waals surface area contributed by atoms with Crippen molar-refractivity contribution in [2.75, 3.05) is 19.0 Å². The third kappa shape index (κ3) is 9.11. The molecule has 5 heteroatoms. The van der Waals surface area contributed by atoms with Gasteiger partial charge in [-0.2, -0.15) is 11.2 Å². The van der Waals surface area contributed by atoms with Crippen LogP contribution in [0.2, 0.25) is 30.7 Å². The summed E-state index contributed by atoms with van der Waals surface area (Å²) in [5.74, 6) is 1.24. The van der Waals surface area contributed by atoms with E-state index in [1.54, 1.807) is 0 Å². The molecule has 0 aromatic heterocycles. The van der Waals surface area contributed by atoms with E-state index < -0.39 is 15.8 Å². The Morgan fingerprint density at radius 3 is 1.59 bits per heavy atom. The summed E-state index contributed by atoms with van der Waals surface area (Å²) in [7, 11) is -3.03. The fourth-order valence-electron chi connectivity index (χ4n) is 2.56. The first-order chi connectivity index (χ1) is 10.5. The molecule has 0 aliphatic rings. The highest BCUT2D eigenvalue weighted by Gasteiger charge is 2.33. The minimum Gasteiger partial charge on any atom is -0.394 e. The van der Waals surface area contributed by atoms with E-state index in [0.717, 1.165) is 32.1 Å². The minimum absolute atomic E-state index is 0.883. The summed E-state index contributed by atoms with van der Waals surface area (Å²) in [5, 5.41) is 0. The summed E-state index contributed by atoms with van der Waals surface area (Å²) in [4.78, 5) is 0. The molecule has 0 amide bonds. The Hall–Kier alpha value is 0.704. The third-order valence-electron chi connectivity index (χ3n) is 4.71. The Kier molecular flexibility index (Phi) is 13.5. The van der Waals surface area contributed by atoms with Crippen molar-refractivity contribution < 1.29 is 8.85 Å². The molecule has 0 heterocycles. The van der Waals surface area contributed by atoms with Gasteiger partial charge in [-0.1, -0.05) is 65.6 Å². The predicted octanol–water partition coefficient (Wildman–Crippen LogP) is 6.43. The molecule has 2 nitrogen and oxygen atoms in total. The average molecular weight is 365 g/mol. The predicted molar refractivity (Wildman–Crippen MR) is 108 cm³/mol. The minimum atomic E-state index is -1.96. The van der Waals surface area contributed by atoms with Gasteiger partial charge in [-0.05, 0) is 31.2 Å². The van der Waals surface area contributed by atoms with E-state index in [1.807, 2.05) is 0 Å². The van der Waals surface area contributed by atoms with E-state index in [0.29, 0.717) is 0 Å². The Labute approximate surface area is 146 Å². The molecule has 0 aliphatic carbocycles. The van der Waals surface area contributed by atoms with Gasteiger partial charge in [0.25, 0.3) is 0 Å². The van der Waals surface area contributed by atoms with Gasteiger partial charge in [-0.15, -0.1) is 0 Å². The molecule has 0 atom stereocenters. The van der Waals surface area contributed by atoms with Crippen LogP contribution in [0.5, 0.6) is 0 Å². The van der Waals surface area contributed by atoms with Crippen LogP contribution in [0, 0.1) is 0 Å². The quantitative estimate of drug-likeness (QED) is 0.246. The second-order valence-electron chi connectivity index (χ2n) is 6.38. The largest absolute Gasteiger partial charge is 0.394 e. The maximum Gasteiger partial charge on any atom is 0.335 e. The molecule has 0 spiro atoms. The van der Waals surface area contributed by atoms with Crippen molar-refractivity contribution in [2.24, 2.45) is 0 Å². The van der Waals surface area contributed by atoms with E-state index >= 15 is 0 Å². The van der Waals surface area contributed by atoms with E-state index in [1.165, 1.54) is 36.7 Å². The molecule has 0 bridgehead atoms. The van der Waals surface area contributed by atoms with Crippen molar-refractivity contribution in [3.8, 4) is 0 Å². The van der Waals surface area contributed by atoms with Crippen LogP contribution in [0.1, 0.15) is 60.3 Å². The fraction of sp³-hybridized carbons (Fsp3) is 1.00. The highest BCUT2D eigenvalue weighted by atomic mass is 32.4. The van der Waals surface area contributed by atoms with Crippen LogP contribution in [-0.2, 0) is 8.85 Å². The van der Waals surface area contributed by atoms with Crippen LogP contribution in [0.15, 0.2) is 0 Å². The van der Waals surface area contributed by atoms with E-state index in [9.17, 15) is 0 Å². The first-order valence-electron chi connectivity index (χ1n) is 9.43. The molecular weight excluding hydrogens is 324 g/mol. The molecule has 0 aliphatic heterocycles. The lowest BCUT2D eigenvalue weighted by Crippen LogP contribution is -2.40. The summed E-state index contributed by atoms with van der Waals surface area (Å²) < 4.78 is 12.5. The SMILES string of the molecule is CCCCO[Si](C)(CCS[Si](CC)(CC)CC)OCCCC. The molecular formula is C17H40O2SSi2. The monoisotopic (exact) mass is 364 g/mol. The molecule has 0 rings (SSSR count). The highest BCUT2D eigenvalue weighted by molar-refractivity contribution is 8.29. The average Bonchev–Trinajstić information content (AvgIpc) is 2.53. The van der Waals surface area contributed by atoms with Crippen molar-refractivity contribution in [3.63, 3.8) is 0 Å². The normalized spacial score (nSPS) is 12.8. The maximum absolute atomic E-state index is 6.25. The molecule has 0 fully saturated rings. The molecule has 0 radical (unpaired) electrons. The number of hydrogen-bond acceptors (Lipinski definition) is 3. The fourth-order valence-corrected chi connectivity index (χ4v) is 12.6. The van der Waals surface area contributed by atoms with Gasteiger partial charge in [-0.25, -0.2) is 0 Å². The van der Waals surface area contributed by atoms with Gasteiger partial charge in [0.05, 0.1) is 0 Å². The van der Waals surface area contributed by atoms with Crippen molar-refractivity contribution in [1.29, 1.82) is 0 Å². The van der Waals surface area contributed by atoms with Crippen molar-refractivity contribution in [1.82, 2.24) is 0 Å². The van der Waals surface area contributed by atoms with Crippen LogP contribution in [0.25, 0.3) is 0 Å². The Bertz CT molecular complexity index is 243. The van der Waals surface area contributed by atoms with Gasteiger partial charge in [0, 0.05) is 13.2 Å². The van der Waals surface area contributed by atoms with Crippen LogP contribution in [0.3, 0.4) is 0 Å². The zero-order valence-corrected chi connectivity index (χ0v) is 18.8. The van der Waals surface area contributed by atoms with Crippen LogP contribution < -0.4 is 0 Å². The lowest BCUT2D eigenvalue weighted by Gasteiger charge is -2.31. The first kappa shape index (κ1) is 22.7. The lowest BCUT2D eigenvalue weighted by atomic mass is 10.4. The lowest BCUT2D eigenvalue weighted by molar-refractivity contribution is 0.170. The van der Waals surface area contributed by atoms with Crippen LogP contribution in [-0.4, -0.2) is 34.8 Å². The Balaban J connectivity index is 4.42. The summed E-state index contributed by atoms with van der Waals surface area (Å²) in [6.45, 7) is 15.7. The van der Waals surface area contributed by atoms with Gasteiger partial charge < -0.3 is 8.85 Å². The molecule has 0 unspecified atom stereocenters. The van der Waals surface area contributed by atoms with E-state index in [-0.39, 0.29) is 0 Å². The zero-order chi connectivity index (χ0) is 16.9. The molecule has 134 valence electrons. The van der Waals surface area contributed by atoms with E-state index in [2.05, 4.69) is 52.4 Å². The molecule has 0 aromatic carbocycles. The highest BCUT2D eigenvalue weighted by Crippen LogP contribution is 2.34. The maximum atomic E-state index is 6.25. The third-order valence-corrected chi connectivity index (χ3v) is 17.8. The van der Waals surface area contributed by atoms with Crippen molar-refractivity contribution in [3.05, 3.63) is 0 Å². The molecule has 0 N–H and O–H groups in total. The smallest absolute Gasteiger partial charge is 0.335 e. The standard InChI is InChI=1S/C17H40O2SSi2/c1-7-12-14-18-21(6,19-15-13-8-2)17-16-20-22(9-3,10-4)11-5/h7-17H2,1-6H3. The van der Waals surface area contributed by atoms with Gasteiger partial charge in [0.15, 0.2) is 0 Å². The number of rotatable bonds is 15. The van der Waals surface area contributed by atoms with Gasteiger partial charge >= 0.3 is 8.56 Å². The Morgan fingerprint density at radius 2 is 1.23 bits per heavy atom. The zero-order valence-electron chi connectivity index (χ0n) is 16.0. The van der Waals surface area contributed by atoms with Crippen LogP contribution >= 0.6 is 11.2 Å². The summed E-state index contributed by atoms with van der Waals surface area (Å²) in [5.41, 5.74) is 0. The van der Waals surface area contributed by atoms with E-state index in [4.69, 9.17) is 8.85 Å². The molecule has 0 aromatic rings. The Morgan fingerprint density at radius 1 is 0.773 bits per heavy atom. The number of unbranched alkanes of at least 4 members (excludes halogenated alkanes) is 2. The molecule has 0 saturated carbocycles.